The first-order valence-corrected chi connectivity index (χ1v) is 10.5. The first-order valence-electron chi connectivity index (χ1n) is 10.5. The maximum atomic E-state index is 13.1. The van der Waals surface area contributed by atoms with Crippen molar-refractivity contribution in [2.45, 2.75) is 6.54 Å². The number of carbonyl (C=O) groups is 2. The third-order valence-electron chi connectivity index (χ3n) is 5.34. The van der Waals surface area contributed by atoms with E-state index in [-0.39, 0.29) is 24.9 Å². The maximum absolute atomic E-state index is 13.1. The minimum Gasteiger partial charge on any atom is -0.454 e. The fourth-order valence-corrected chi connectivity index (χ4v) is 3.64. The van der Waals surface area contributed by atoms with Crippen LogP contribution in [0.2, 0.25) is 0 Å². The second kappa shape index (κ2) is 8.92. The number of amides is 2. The van der Waals surface area contributed by atoms with Crippen LogP contribution in [-0.2, 0) is 11.3 Å². The summed E-state index contributed by atoms with van der Waals surface area (Å²) in [6.45, 7) is 0.454. The molecule has 0 saturated heterocycles. The van der Waals surface area contributed by atoms with E-state index in [2.05, 4.69) is 15.6 Å². The van der Waals surface area contributed by atoms with Gasteiger partial charge < -0.3 is 25.1 Å². The molecule has 7 heteroatoms. The molecule has 0 fully saturated rings. The molecular weight excluding hydrogens is 418 g/mol. The predicted molar refractivity (Wildman–Crippen MR) is 125 cm³/mol. The van der Waals surface area contributed by atoms with Gasteiger partial charge in [0.25, 0.3) is 11.8 Å². The Morgan fingerprint density at radius 3 is 2.61 bits per heavy atom. The highest BCUT2D eigenvalue weighted by Gasteiger charge is 2.17. The summed E-state index contributed by atoms with van der Waals surface area (Å²) in [6.07, 6.45) is 3.49. The lowest BCUT2D eigenvalue weighted by Gasteiger charge is -2.11. The van der Waals surface area contributed by atoms with Gasteiger partial charge in [-0.2, -0.15) is 0 Å². The molecule has 0 bridgehead atoms. The standard InChI is InChI=1S/C26H21N3O4/c30-25(18-6-2-1-3-7-18)29-22(13-19-15-27-21-9-5-4-8-20(19)21)26(31)28-14-17-10-11-23-24(12-17)33-16-32-23/h1-13,15,27H,14,16H2,(H,28,31)(H,29,30)/b22-13-. The van der Waals surface area contributed by atoms with Crippen molar-refractivity contribution in [3.8, 4) is 11.5 Å². The number of ether oxygens (including phenoxy) is 2. The summed E-state index contributed by atoms with van der Waals surface area (Å²) in [5, 5.41) is 6.60. The molecule has 1 aliphatic rings. The van der Waals surface area contributed by atoms with E-state index in [1.165, 1.54) is 0 Å². The lowest BCUT2D eigenvalue weighted by molar-refractivity contribution is -0.117. The molecule has 3 aromatic carbocycles. The number of rotatable bonds is 6. The number of H-pyrrole nitrogens is 1. The third kappa shape index (κ3) is 4.43. The van der Waals surface area contributed by atoms with E-state index in [9.17, 15) is 9.59 Å². The highest BCUT2D eigenvalue weighted by Crippen LogP contribution is 2.32. The normalized spacial score (nSPS) is 12.5. The summed E-state index contributed by atoms with van der Waals surface area (Å²) in [5.41, 5.74) is 3.21. The van der Waals surface area contributed by atoms with Crippen LogP contribution in [0.15, 0.2) is 84.7 Å². The first kappa shape index (κ1) is 20.4. The average molecular weight is 439 g/mol. The van der Waals surface area contributed by atoms with E-state index in [0.717, 1.165) is 22.0 Å². The van der Waals surface area contributed by atoms with Crippen molar-refractivity contribution in [2.75, 3.05) is 6.79 Å². The maximum Gasteiger partial charge on any atom is 0.268 e. The highest BCUT2D eigenvalue weighted by atomic mass is 16.7. The van der Waals surface area contributed by atoms with E-state index in [1.54, 1.807) is 30.3 Å². The molecule has 0 saturated carbocycles. The SMILES string of the molecule is O=C(NCc1ccc2c(c1)OCO2)/C(=C/c1c[nH]c2ccccc12)NC(=O)c1ccccc1. The molecule has 0 unspecified atom stereocenters. The zero-order chi connectivity index (χ0) is 22.6. The van der Waals surface area contributed by atoms with E-state index in [1.807, 2.05) is 54.7 Å². The van der Waals surface area contributed by atoms with Crippen LogP contribution in [0, 0.1) is 0 Å². The zero-order valence-electron chi connectivity index (χ0n) is 17.6. The Labute approximate surface area is 190 Å². The second-order valence-electron chi connectivity index (χ2n) is 7.54. The number of aromatic nitrogens is 1. The smallest absolute Gasteiger partial charge is 0.268 e. The molecule has 164 valence electrons. The molecule has 2 amide bonds. The van der Waals surface area contributed by atoms with Crippen LogP contribution in [0.4, 0.5) is 0 Å². The molecule has 0 radical (unpaired) electrons. The quantitative estimate of drug-likeness (QED) is 0.396. The largest absolute Gasteiger partial charge is 0.454 e. The monoisotopic (exact) mass is 439 g/mol. The molecule has 0 spiro atoms. The predicted octanol–water partition coefficient (Wildman–Crippen LogP) is 3.98. The van der Waals surface area contributed by atoms with Crippen LogP contribution in [0.1, 0.15) is 21.5 Å². The Kier molecular flexibility index (Phi) is 5.51. The van der Waals surface area contributed by atoms with Crippen molar-refractivity contribution in [1.29, 1.82) is 0 Å². The minimum absolute atomic E-state index is 0.148. The zero-order valence-corrected chi connectivity index (χ0v) is 17.6. The summed E-state index contributed by atoms with van der Waals surface area (Å²) in [4.78, 5) is 29.1. The summed E-state index contributed by atoms with van der Waals surface area (Å²) >= 11 is 0. The van der Waals surface area contributed by atoms with Gasteiger partial charge in [0, 0.05) is 34.8 Å². The van der Waals surface area contributed by atoms with Gasteiger partial charge in [-0.3, -0.25) is 9.59 Å². The number of aromatic amines is 1. The number of hydrogen-bond donors (Lipinski definition) is 3. The number of fused-ring (bicyclic) bond motifs is 2. The van der Waals surface area contributed by atoms with Gasteiger partial charge in [0.2, 0.25) is 6.79 Å². The summed E-state index contributed by atoms with van der Waals surface area (Å²) in [6, 6.07) is 22.0. The van der Waals surface area contributed by atoms with Crippen LogP contribution in [0.5, 0.6) is 11.5 Å². The fraction of sp³-hybridized carbons (Fsp3) is 0.0769. The van der Waals surface area contributed by atoms with Crippen LogP contribution in [0.3, 0.4) is 0 Å². The Morgan fingerprint density at radius 2 is 1.73 bits per heavy atom. The molecule has 0 atom stereocenters. The van der Waals surface area contributed by atoms with Gasteiger partial charge in [0.1, 0.15) is 5.70 Å². The van der Waals surface area contributed by atoms with E-state index in [4.69, 9.17) is 9.47 Å². The third-order valence-corrected chi connectivity index (χ3v) is 5.34. The van der Waals surface area contributed by atoms with Crippen molar-refractivity contribution in [3.05, 3.63) is 101 Å². The molecule has 33 heavy (non-hydrogen) atoms. The number of hydrogen-bond acceptors (Lipinski definition) is 4. The van der Waals surface area contributed by atoms with Gasteiger partial charge in [0.05, 0.1) is 0 Å². The topological polar surface area (TPSA) is 92.4 Å². The molecule has 1 aliphatic heterocycles. The number of nitrogens with one attached hydrogen (secondary N) is 3. The van der Waals surface area contributed by atoms with E-state index >= 15 is 0 Å². The van der Waals surface area contributed by atoms with Crippen molar-refractivity contribution >= 4 is 28.8 Å². The Bertz CT molecular complexity index is 1360. The molecule has 3 N–H and O–H groups in total. The molecule has 7 nitrogen and oxygen atoms in total. The van der Waals surface area contributed by atoms with Crippen LogP contribution < -0.4 is 20.1 Å². The minimum atomic E-state index is -0.401. The number of benzene rings is 3. The number of carbonyl (C=O) groups excluding carboxylic acids is 2. The Morgan fingerprint density at radius 1 is 0.939 bits per heavy atom. The molecule has 2 heterocycles. The van der Waals surface area contributed by atoms with Gasteiger partial charge in [-0.15, -0.1) is 0 Å². The van der Waals surface area contributed by atoms with Gasteiger partial charge in [-0.05, 0) is 42.0 Å². The highest BCUT2D eigenvalue weighted by molar-refractivity contribution is 6.06. The fourth-order valence-electron chi connectivity index (χ4n) is 3.64. The van der Waals surface area contributed by atoms with Crippen LogP contribution >= 0.6 is 0 Å². The summed E-state index contributed by atoms with van der Waals surface area (Å²) in [5.74, 6) is 0.566. The van der Waals surface area contributed by atoms with E-state index < -0.39 is 5.91 Å². The average Bonchev–Trinajstić information content (AvgIpc) is 3.49. The van der Waals surface area contributed by atoms with Crippen molar-refractivity contribution in [1.82, 2.24) is 15.6 Å². The van der Waals surface area contributed by atoms with Gasteiger partial charge in [0.15, 0.2) is 11.5 Å². The van der Waals surface area contributed by atoms with Gasteiger partial charge >= 0.3 is 0 Å². The molecule has 5 rings (SSSR count). The summed E-state index contributed by atoms with van der Waals surface area (Å²) < 4.78 is 10.7. The van der Waals surface area contributed by atoms with Crippen LogP contribution in [-0.4, -0.2) is 23.6 Å². The Balaban J connectivity index is 1.40. The van der Waals surface area contributed by atoms with Crippen molar-refractivity contribution in [3.63, 3.8) is 0 Å². The van der Waals surface area contributed by atoms with Crippen molar-refractivity contribution < 1.29 is 19.1 Å². The first-order chi connectivity index (χ1) is 16.2. The molecule has 0 aliphatic carbocycles. The Hall–Kier alpha value is -4.52. The van der Waals surface area contributed by atoms with E-state index in [0.29, 0.717) is 17.1 Å². The lowest BCUT2D eigenvalue weighted by Crippen LogP contribution is -2.34. The van der Waals surface area contributed by atoms with Gasteiger partial charge in [-0.25, -0.2) is 0 Å². The second-order valence-corrected chi connectivity index (χ2v) is 7.54. The number of para-hydroxylation sites is 1. The molecule has 4 aromatic rings. The lowest BCUT2D eigenvalue weighted by atomic mass is 10.1. The van der Waals surface area contributed by atoms with Gasteiger partial charge in [-0.1, -0.05) is 42.5 Å². The molecular formula is C26H21N3O4. The van der Waals surface area contributed by atoms with Crippen molar-refractivity contribution in [2.24, 2.45) is 0 Å². The molecule has 1 aromatic heterocycles. The van der Waals surface area contributed by atoms with Crippen LogP contribution in [0.25, 0.3) is 17.0 Å². The summed E-state index contributed by atoms with van der Waals surface area (Å²) in [7, 11) is 0.